The molecule has 1 aromatic carbocycles. The number of nitrogens with one attached hydrogen (secondary N) is 1. The molecule has 1 aliphatic rings. The largest absolute Gasteiger partial charge is 0.327 e. The van der Waals surface area contributed by atoms with Crippen molar-refractivity contribution >= 4 is 0 Å². The van der Waals surface area contributed by atoms with Crippen molar-refractivity contribution in [1.29, 1.82) is 0 Å². The van der Waals surface area contributed by atoms with Crippen LogP contribution in [0.3, 0.4) is 0 Å². The Morgan fingerprint density at radius 2 is 2.12 bits per heavy atom. The molecule has 3 N–H and O–H groups in total. The van der Waals surface area contributed by atoms with Gasteiger partial charge in [-0.1, -0.05) is 30.3 Å². The SMILES string of the molecule is N[C@H](CC[C@H]1CCCN1)Cc1ccccc1. The van der Waals surface area contributed by atoms with Crippen LogP contribution in [-0.2, 0) is 6.42 Å². The molecular formula is C14H22N2. The summed E-state index contributed by atoms with van der Waals surface area (Å²) in [5.74, 6) is 0. The van der Waals surface area contributed by atoms with Gasteiger partial charge in [-0.2, -0.15) is 0 Å². The van der Waals surface area contributed by atoms with E-state index in [9.17, 15) is 0 Å². The number of hydrogen-bond acceptors (Lipinski definition) is 2. The summed E-state index contributed by atoms with van der Waals surface area (Å²) >= 11 is 0. The first-order valence-electron chi connectivity index (χ1n) is 6.37. The summed E-state index contributed by atoms with van der Waals surface area (Å²) in [6.45, 7) is 1.19. The van der Waals surface area contributed by atoms with Crippen LogP contribution in [-0.4, -0.2) is 18.6 Å². The van der Waals surface area contributed by atoms with Crippen molar-refractivity contribution in [3.05, 3.63) is 35.9 Å². The van der Waals surface area contributed by atoms with Crippen LogP contribution >= 0.6 is 0 Å². The topological polar surface area (TPSA) is 38.0 Å². The summed E-state index contributed by atoms with van der Waals surface area (Å²) < 4.78 is 0. The average molecular weight is 218 g/mol. The number of rotatable bonds is 5. The van der Waals surface area contributed by atoms with Crippen molar-refractivity contribution in [2.24, 2.45) is 5.73 Å². The molecule has 0 saturated carbocycles. The minimum Gasteiger partial charge on any atom is -0.327 e. The maximum Gasteiger partial charge on any atom is 0.00799 e. The van der Waals surface area contributed by atoms with Crippen molar-refractivity contribution in [3.8, 4) is 0 Å². The molecule has 1 heterocycles. The molecular weight excluding hydrogens is 196 g/mol. The normalized spacial score (nSPS) is 22.2. The van der Waals surface area contributed by atoms with Crippen LogP contribution in [0.2, 0.25) is 0 Å². The van der Waals surface area contributed by atoms with E-state index in [4.69, 9.17) is 5.73 Å². The Balaban J connectivity index is 1.69. The van der Waals surface area contributed by atoms with E-state index < -0.39 is 0 Å². The molecule has 1 aliphatic heterocycles. The van der Waals surface area contributed by atoms with Crippen molar-refractivity contribution in [2.75, 3.05) is 6.54 Å². The highest BCUT2D eigenvalue weighted by molar-refractivity contribution is 5.15. The second-order valence-electron chi connectivity index (χ2n) is 4.82. The zero-order valence-electron chi connectivity index (χ0n) is 9.86. The fourth-order valence-corrected chi connectivity index (χ4v) is 2.44. The molecule has 0 aliphatic carbocycles. The molecule has 0 unspecified atom stereocenters. The number of nitrogens with two attached hydrogens (primary N) is 1. The smallest absolute Gasteiger partial charge is 0.00799 e. The highest BCUT2D eigenvalue weighted by Crippen LogP contribution is 2.13. The molecule has 0 bridgehead atoms. The van der Waals surface area contributed by atoms with E-state index in [1.54, 1.807) is 0 Å². The molecule has 2 heteroatoms. The Bertz CT molecular complexity index is 291. The van der Waals surface area contributed by atoms with Crippen molar-refractivity contribution in [3.63, 3.8) is 0 Å². The number of hydrogen-bond donors (Lipinski definition) is 2. The van der Waals surface area contributed by atoms with Crippen LogP contribution in [0, 0.1) is 0 Å². The number of benzene rings is 1. The molecule has 2 nitrogen and oxygen atoms in total. The van der Waals surface area contributed by atoms with Gasteiger partial charge < -0.3 is 11.1 Å². The van der Waals surface area contributed by atoms with Crippen LogP contribution in [0.5, 0.6) is 0 Å². The molecule has 1 fully saturated rings. The Kier molecular flexibility index (Phi) is 4.37. The van der Waals surface area contributed by atoms with Gasteiger partial charge in [0.25, 0.3) is 0 Å². The van der Waals surface area contributed by atoms with E-state index in [1.165, 1.54) is 31.4 Å². The van der Waals surface area contributed by atoms with Crippen molar-refractivity contribution in [2.45, 2.75) is 44.2 Å². The summed E-state index contributed by atoms with van der Waals surface area (Å²) in [5, 5.41) is 3.52. The van der Waals surface area contributed by atoms with Crippen LogP contribution in [0.15, 0.2) is 30.3 Å². The van der Waals surface area contributed by atoms with Crippen molar-refractivity contribution < 1.29 is 0 Å². The zero-order valence-corrected chi connectivity index (χ0v) is 9.86. The molecule has 0 radical (unpaired) electrons. The summed E-state index contributed by atoms with van der Waals surface area (Å²) in [6.07, 6.45) is 6.03. The van der Waals surface area contributed by atoms with Gasteiger partial charge in [0, 0.05) is 12.1 Å². The van der Waals surface area contributed by atoms with E-state index in [0.717, 1.165) is 18.9 Å². The zero-order chi connectivity index (χ0) is 11.2. The molecule has 0 aromatic heterocycles. The van der Waals surface area contributed by atoms with Gasteiger partial charge in [-0.25, -0.2) is 0 Å². The van der Waals surface area contributed by atoms with E-state index >= 15 is 0 Å². The Labute approximate surface area is 98.2 Å². The lowest BCUT2D eigenvalue weighted by atomic mass is 9.99. The van der Waals surface area contributed by atoms with Gasteiger partial charge in [-0.05, 0) is 44.2 Å². The van der Waals surface area contributed by atoms with Crippen LogP contribution in [0.4, 0.5) is 0 Å². The minimum atomic E-state index is 0.310. The fraction of sp³-hybridized carbons (Fsp3) is 0.571. The second kappa shape index (κ2) is 6.02. The molecule has 0 spiro atoms. The van der Waals surface area contributed by atoms with Crippen LogP contribution < -0.4 is 11.1 Å². The Morgan fingerprint density at radius 1 is 1.31 bits per heavy atom. The van der Waals surface area contributed by atoms with Crippen LogP contribution in [0.1, 0.15) is 31.2 Å². The molecule has 2 atom stereocenters. The molecule has 0 amide bonds. The van der Waals surface area contributed by atoms with E-state index in [0.29, 0.717) is 6.04 Å². The van der Waals surface area contributed by atoms with Gasteiger partial charge in [0.1, 0.15) is 0 Å². The van der Waals surface area contributed by atoms with Gasteiger partial charge in [0.2, 0.25) is 0 Å². The fourth-order valence-electron chi connectivity index (χ4n) is 2.44. The third kappa shape index (κ3) is 3.62. The first kappa shape index (κ1) is 11.6. The lowest BCUT2D eigenvalue weighted by molar-refractivity contribution is 0.488. The first-order chi connectivity index (χ1) is 7.84. The van der Waals surface area contributed by atoms with Crippen LogP contribution in [0.25, 0.3) is 0 Å². The average Bonchev–Trinajstić information content (AvgIpc) is 2.81. The van der Waals surface area contributed by atoms with Gasteiger partial charge in [-0.15, -0.1) is 0 Å². The Morgan fingerprint density at radius 3 is 2.81 bits per heavy atom. The third-order valence-corrected chi connectivity index (χ3v) is 3.39. The molecule has 16 heavy (non-hydrogen) atoms. The molecule has 1 saturated heterocycles. The molecule has 1 aromatic rings. The summed E-state index contributed by atoms with van der Waals surface area (Å²) in [6, 6.07) is 11.6. The summed E-state index contributed by atoms with van der Waals surface area (Å²) in [5.41, 5.74) is 7.51. The van der Waals surface area contributed by atoms with Gasteiger partial charge >= 0.3 is 0 Å². The van der Waals surface area contributed by atoms with Gasteiger partial charge in [-0.3, -0.25) is 0 Å². The molecule has 88 valence electrons. The summed E-state index contributed by atoms with van der Waals surface area (Å²) in [4.78, 5) is 0. The lowest BCUT2D eigenvalue weighted by Crippen LogP contribution is -2.28. The van der Waals surface area contributed by atoms with E-state index in [1.807, 2.05) is 0 Å². The quantitative estimate of drug-likeness (QED) is 0.794. The highest BCUT2D eigenvalue weighted by Gasteiger charge is 2.15. The van der Waals surface area contributed by atoms with Crippen molar-refractivity contribution in [1.82, 2.24) is 5.32 Å². The Hall–Kier alpha value is -0.860. The predicted octanol–water partition coefficient (Wildman–Crippen LogP) is 2.09. The minimum absolute atomic E-state index is 0.310. The maximum atomic E-state index is 6.16. The standard InChI is InChI=1S/C14H22N2/c15-13(8-9-14-7-4-10-16-14)11-12-5-2-1-3-6-12/h1-3,5-6,13-14,16H,4,7-11,15H2/t13-,14-/m1/s1. The van der Waals surface area contributed by atoms with E-state index in [2.05, 4.69) is 35.6 Å². The van der Waals surface area contributed by atoms with Gasteiger partial charge in [0.15, 0.2) is 0 Å². The van der Waals surface area contributed by atoms with E-state index in [-0.39, 0.29) is 0 Å². The molecule has 2 rings (SSSR count). The summed E-state index contributed by atoms with van der Waals surface area (Å²) in [7, 11) is 0. The maximum absolute atomic E-state index is 6.16. The van der Waals surface area contributed by atoms with Gasteiger partial charge in [0.05, 0.1) is 0 Å². The highest BCUT2D eigenvalue weighted by atomic mass is 14.9. The monoisotopic (exact) mass is 218 g/mol. The third-order valence-electron chi connectivity index (χ3n) is 3.39. The second-order valence-corrected chi connectivity index (χ2v) is 4.82. The lowest BCUT2D eigenvalue weighted by Gasteiger charge is -2.15. The predicted molar refractivity (Wildman–Crippen MR) is 68.4 cm³/mol. The first-order valence-corrected chi connectivity index (χ1v) is 6.37.